The molecule has 0 radical (unpaired) electrons. The van der Waals surface area contributed by atoms with Gasteiger partial charge in [-0.15, -0.1) is 0 Å². The van der Waals surface area contributed by atoms with Gasteiger partial charge in [-0.25, -0.2) is 19.9 Å². The number of benzene rings is 14. The van der Waals surface area contributed by atoms with E-state index in [0.717, 1.165) is 67.2 Å². The molecule has 0 atom stereocenters. The summed E-state index contributed by atoms with van der Waals surface area (Å²) in [5.41, 5.74) is 31.4. The van der Waals surface area contributed by atoms with Gasteiger partial charge in [0.2, 0.25) is 23.1 Å². The third kappa shape index (κ3) is 12.0. The quantitative estimate of drug-likeness (QED) is 0.172. The molecule has 0 fully saturated rings. The highest BCUT2D eigenvalue weighted by Gasteiger charge is 2.29. The Balaban J connectivity index is 0.000000102. The second-order valence-electron chi connectivity index (χ2n) is 34.8. The van der Waals surface area contributed by atoms with Crippen LogP contribution in [0.2, 0.25) is 0 Å². The van der Waals surface area contributed by atoms with Gasteiger partial charge < -0.3 is 22.8 Å². The van der Waals surface area contributed by atoms with Gasteiger partial charge in [-0.05, 0) is 243 Å². The Bertz CT molecular complexity index is 7710. The van der Waals surface area contributed by atoms with Gasteiger partial charge in [0.05, 0.1) is 99.3 Å². The summed E-state index contributed by atoms with van der Waals surface area (Å²) in [6, 6.07) is 118. The van der Waals surface area contributed by atoms with Crippen molar-refractivity contribution in [1.82, 2.24) is 60.4 Å². The second kappa shape index (κ2) is 27.3. The van der Waals surface area contributed by atoms with E-state index in [0.29, 0.717) is 0 Å². The normalized spacial score (nSPS) is 12.4. The largest absolute Gasteiger partial charge is 0.309 e. The van der Waals surface area contributed by atoms with Crippen molar-refractivity contribution in [2.24, 2.45) is 0 Å². The van der Waals surface area contributed by atoms with Crippen LogP contribution in [0.5, 0.6) is 0 Å². The molecule has 23 rings (SSSR count). The van der Waals surface area contributed by atoms with Gasteiger partial charge in [-0.1, -0.05) is 212 Å². The van der Waals surface area contributed by atoms with Crippen molar-refractivity contribution in [3.63, 3.8) is 0 Å². The molecule has 14 aromatic carbocycles. The lowest BCUT2D eigenvalue weighted by atomic mass is 10.0. The van der Waals surface area contributed by atoms with Gasteiger partial charge in [0, 0.05) is 44.2 Å². The summed E-state index contributed by atoms with van der Waals surface area (Å²) in [6.07, 6.45) is 0. The highest BCUT2D eigenvalue weighted by molar-refractivity contribution is 6.11. The van der Waals surface area contributed by atoms with Crippen LogP contribution in [0.15, 0.2) is 334 Å². The topological polar surface area (TPSA) is 93.9 Å². The molecule has 9 aromatic heterocycles. The maximum Gasteiger partial charge on any atom is 0.216 e. The maximum absolute atomic E-state index is 5.12. The van der Waals surface area contributed by atoms with Crippen LogP contribution >= 0.6 is 0 Å². The Morgan fingerprint density at radius 3 is 1.07 bits per heavy atom. The molecular formula is C104H91N13. The minimum absolute atomic E-state index is 0.0476. The average molecular weight is 1520 g/mol. The third-order valence-corrected chi connectivity index (χ3v) is 22.8. The SMILES string of the molecule is CC(C)(C)n1c2ccc(-c3ccc4c(c3)c3ccccc3n4-c3ccccc3)cc2n2c3ccccc3nc12.CC(C)(C)n1c2ccccc2n2c3cc(-c4ccccc4)ccc3nc12.CC(C)(C)n1c2ccccc2n2c3ccc(-c4ccccc4)cc3nc12.CC(C)(C)n1c2ccccc2n2c3cccc(-c4ccccc4)c3nc12. The molecule has 0 bridgehead atoms. The fourth-order valence-electron chi connectivity index (χ4n) is 17.9. The zero-order valence-corrected chi connectivity index (χ0v) is 68.1. The molecule has 0 amide bonds. The molecule has 0 spiro atoms. The Hall–Kier alpha value is -14.0. The van der Waals surface area contributed by atoms with Crippen molar-refractivity contribution in [1.29, 1.82) is 0 Å². The highest BCUT2D eigenvalue weighted by atomic mass is 15.3. The van der Waals surface area contributed by atoms with Crippen molar-refractivity contribution in [3.05, 3.63) is 334 Å². The van der Waals surface area contributed by atoms with E-state index in [1.807, 2.05) is 12.1 Å². The summed E-state index contributed by atoms with van der Waals surface area (Å²) in [6.45, 7) is 26.8. The van der Waals surface area contributed by atoms with Gasteiger partial charge in [-0.3, -0.25) is 17.6 Å². The van der Waals surface area contributed by atoms with Crippen LogP contribution in [0.1, 0.15) is 83.1 Å². The first-order valence-corrected chi connectivity index (χ1v) is 40.6. The van der Waals surface area contributed by atoms with Gasteiger partial charge in [-0.2, -0.15) is 0 Å². The minimum Gasteiger partial charge on any atom is -0.309 e. The summed E-state index contributed by atoms with van der Waals surface area (Å²) < 4.78 is 20.9. The second-order valence-corrected chi connectivity index (χ2v) is 34.8. The molecule has 0 saturated carbocycles. The van der Waals surface area contributed by atoms with E-state index in [2.05, 4.69) is 445 Å². The monoisotopic (exact) mass is 1520 g/mol. The van der Waals surface area contributed by atoms with E-state index < -0.39 is 0 Å². The number of rotatable bonds is 5. The Labute approximate surface area is 678 Å². The molecule has 9 heterocycles. The highest BCUT2D eigenvalue weighted by Crippen LogP contribution is 2.42. The summed E-state index contributed by atoms with van der Waals surface area (Å²) in [5, 5.41) is 2.53. The molecule has 0 aliphatic carbocycles. The van der Waals surface area contributed by atoms with Gasteiger partial charge in [0.25, 0.3) is 0 Å². The lowest BCUT2D eigenvalue weighted by Crippen LogP contribution is -2.21. The van der Waals surface area contributed by atoms with Gasteiger partial charge in [0.15, 0.2) is 0 Å². The predicted octanol–water partition coefficient (Wildman–Crippen LogP) is 26.6. The van der Waals surface area contributed by atoms with Crippen molar-refractivity contribution in [3.8, 4) is 50.2 Å². The van der Waals surface area contributed by atoms with Crippen LogP contribution in [-0.4, -0.2) is 60.4 Å². The number of hydrogen-bond acceptors (Lipinski definition) is 4. The van der Waals surface area contributed by atoms with E-state index in [-0.39, 0.29) is 22.2 Å². The molecule has 23 aromatic rings. The van der Waals surface area contributed by atoms with Crippen LogP contribution in [0.3, 0.4) is 0 Å². The molecular weight excluding hydrogens is 1430 g/mol. The number of para-hydroxylation sites is 11. The standard InChI is InChI=1S/C35H28N4.3C23H21N3/c1-35(2,3)39-32-20-18-24(22-33(32)38-31-16-10-8-14-28(31)36-34(38)39)23-17-19-30-27(21-23)26-13-7-9-15-29(26)37(30)25-11-5-4-6-12-25;1-23(2,3)26-19-14-8-7-13-18(19)25-20-15-9-12-17(21(20)24-22(25)26)16-10-5-4-6-11-16;1-23(2,3)26-21-12-8-7-11-20(21)25-19-14-13-17(15-18(19)24-22(25)26)16-9-5-4-6-10-16;1-23(2,3)26-20-12-8-7-11-19(20)25-21-15-17(16-9-5-4-6-10-16)13-14-18(21)24-22(25)26/h4-22H,1-3H3;3*4-15H,1-3H3. The zero-order chi connectivity index (χ0) is 80.0. The van der Waals surface area contributed by atoms with Crippen LogP contribution in [0.25, 0.3) is 183 Å². The summed E-state index contributed by atoms with van der Waals surface area (Å²) in [7, 11) is 0. The molecule has 13 heteroatoms. The van der Waals surface area contributed by atoms with Crippen molar-refractivity contribution in [2.45, 2.75) is 105 Å². The molecule has 117 heavy (non-hydrogen) atoms. The first-order chi connectivity index (χ1) is 56.6. The van der Waals surface area contributed by atoms with Gasteiger partial charge >= 0.3 is 0 Å². The van der Waals surface area contributed by atoms with Crippen LogP contribution < -0.4 is 0 Å². The summed E-state index contributed by atoms with van der Waals surface area (Å²) >= 11 is 0. The van der Waals surface area contributed by atoms with E-state index in [1.165, 1.54) is 116 Å². The molecule has 572 valence electrons. The number of hydrogen-bond donors (Lipinski definition) is 0. The minimum atomic E-state index is -0.107. The number of fused-ring (bicyclic) bond motifs is 23. The van der Waals surface area contributed by atoms with E-state index in [4.69, 9.17) is 19.9 Å². The molecule has 0 aliphatic heterocycles. The Morgan fingerprint density at radius 1 is 0.197 bits per heavy atom. The lowest BCUT2D eigenvalue weighted by Gasteiger charge is -2.22. The van der Waals surface area contributed by atoms with Crippen LogP contribution in [0, 0.1) is 0 Å². The van der Waals surface area contributed by atoms with Gasteiger partial charge in [0.1, 0.15) is 0 Å². The average Bonchev–Trinajstić information content (AvgIpc) is 1.59. The molecule has 0 saturated heterocycles. The van der Waals surface area contributed by atoms with Crippen LogP contribution in [-0.2, 0) is 22.2 Å². The third-order valence-electron chi connectivity index (χ3n) is 22.8. The maximum atomic E-state index is 5.12. The smallest absolute Gasteiger partial charge is 0.216 e. The molecule has 0 aliphatic rings. The van der Waals surface area contributed by atoms with E-state index in [9.17, 15) is 0 Å². The lowest BCUT2D eigenvalue weighted by molar-refractivity contribution is 0.418. The summed E-state index contributed by atoms with van der Waals surface area (Å²) in [4.78, 5) is 20.2. The Morgan fingerprint density at radius 2 is 0.530 bits per heavy atom. The van der Waals surface area contributed by atoms with Crippen molar-refractivity contribution in [2.75, 3.05) is 0 Å². The van der Waals surface area contributed by atoms with Crippen molar-refractivity contribution >= 4 is 133 Å². The molecule has 0 N–H and O–H groups in total. The first-order valence-electron chi connectivity index (χ1n) is 40.6. The summed E-state index contributed by atoms with van der Waals surface area (Å²) in [5.74, 6) is 3.98. The number of nitrogens with zero attached hydrogens (tertiary/aromatic N) is 13. The first kappa shape index (κ1) is 72.0. The molecule has 13 nitrogen and oxygen atoms in total. The van der Waals surface area contributed by atoms with E-state index in [1.54, 1.807) is 0 Å². The van der Waals surface area contributed by atoms with Crippen molar-refractivity contribution < 1.29 is 0 Å². The molecule has 0 unspecified atom stereocenters. The van der Waals surface area contributed by atoms with Crippen LogP contribution in [0.4, 0.5) is 0 Å². The Kier molecular flexibility index (Phi) is 16.8. The fourth-order valence-corrected chi connectivity index (χ4v) is 17.9. The number of aromatic nitrogens is 13. The zero-order valence-electron chi connectivity index (χ0n) is 68.1. The predicted molar refractivity (Wildman–Crippen MR) is 489 cm³/mol. The fraction of sp³-hybridized carbons (Fsp3) is 0.154. The number of imidazole rings is 8. The van der Waals surface area contributed by atoms with E-state index >= 15 is 0 Å².